The van der Waals surface area contributed by atoms with Crippen molar-refractivity contribution in [1.82, 2.24) is 0 Å². The highest BCUT2D eigenvalue weighted by Gasteiger charge is 2.21. The highest BCUT2D eigenvalue weighted by molar-refractivity contribution is 6.31. The Balaban J connectivity index is 2.57. The van der Waals surface area contributed by atoms with Crippen molar-refractivity contribution >= 4 is 11.6 Å². The van der Waals surface area contributed by atoms with Gasteiger partial charge in [0.25, 0.3) is 0 Å². The van der Waals surface area contributed by atoms with Gasteiger partial charge in [0.05, 0.1) is 17.7 Å². The third kappa shape index (κ3) is 1.60. The van der Waals surface area contributed by atoms with Crippen molar-refractivity contribution in [3.8, 4) is 5.75 Å². The Labute approximate surface area is 88.5 Å². The summed E-state index contributed by atoms with van der Waals surface area (Å²) in [5.74, 6) is 0.766. The maximum Gasteiger partial charge on any atom is 0.129 e. The summed E-state index contributed by atoms with van der Waals surface area (Å²) in [4.78, 5) is 0. The lowest BCUT2D eigenvalue weighted by Crippen LogP contribution is -1.99. The van der Waals surface area contributed by atoms with E-state index in [1.54, 1.807) is 0 Å². The predicted octanol–water partition coefficient (Wildman–Crippen LogP) is 2.85. The van der Waals surface area contributed by atoms with Gasteiger partial charge in [-0.1, -0.05) is 17.7 Å². The molecule has 0 radical (unpaired) electrons. The first-order chi connectivity index (χ1) is 6.70. The van der Waals surface area contributed by atoms with E-state index in [-0.39, 0.29) is 0 Å². The van der Waals surface area contributed by atoms with Crippen LogP contribution >= 0.6 is 11.6 Å². The van der Waals surface area contributed by atoms with Crippen molar-refractivity contribution in [2.75, 3.05) is 6.61 Å². The van der Waals surface area contributed by atoms with E-state index in [0.717, 1.165) is 29.7 Å². The summed E-state index contributed by atoms with van der Waals surface area (Å²) in [6, 6.07) is 3.73. The highest BCUT2D eigenvalue weighted by Crippen LogP contribution is 2.38. The van der Waals surface area contributed by atoms with Crippen LogP contribution in [0.1, 0.15) is 30.1 Å². The van der Waals surface area contributed by atoms with Gasteiger partial charge in [-0.25, -0.2) is 0 Å². The molecule has 76 valence electrons. The molecule has 0 aliphatic carbocycles. The Hall–Kier alpha value is -0.730. The van der Waals surface area contributed by atoms with Gasteiger partial charge in [0.15, 0.2) is 0 Å². The van der Waals surface area contributed by atoms with E-state index < -0.39 is 6.10 Å². The molecule has 2 nitrogen and oxygen atoms in total. The molecule has 0 aromatic heterocycles. The van der Waals surface area contributed by atoms with Crippen LogP contribution in [0.2, 0.25) is 5.02 Å². The molecule has 0 saturated carbocycles. The summed E-state index contributed by atoms with van der Waals surface area (Å²) >= 11 is 6.04. The number of halogens is 1. The van der Waals surface area contributed by atoms with Crippen LogP contribution < -0.4 is 4.74 Å². The number of hydrogen-bond donors (Lipinski definition) is 1. The molecule has 1 aliphatic heterocycles. The van der Waals surface area contributed by atoms with Crippen LogP contribution in [0.5, 0.6) is 5.75 Å². The molecule has 2 rings (SSSR count). The molecule has 0 saturated heterocycles. The van der Waals surface area contributed by atoms with E-state index in [1.807, 2.05) is 19.1 Å². The summed E-state index contributed by atoms with van der Waals surface area (Å²) in [7, 11) is 0. The van der Waals surface area contributed by atoms with Gasteiger partial charge in [-0.15, -0.1) is 0 Å². The molecule has 1 aliphatic rings. The Morgan fingerprint density at radius 3 is 3.07 bits per heavy atom. The number of benzene rings is 1. The third-order valence-electron chi connectivity index (χ3n) is 2.54. The minimum absolute atomic E-state index is 0.486. The molecule has 0 spiro atoms. The van der Waals surface area contributed by atoms with E-state index >= 15 is 0 Å². The van der Waals surface area contributed by atoms with E-state index in [4.69, 9.17) is 16.3 Å². The number of rotatable bonds is 0. The Morgan fingerprint density at radius 1 is 1.50 bits per heavy atom. The summed E-state index contributed by atoms with van der Waals surface area (Å²) in [5.41, 5.74) is 1.79. The summed E-state index contributed by atoms with van der Waals surface area (Å²) in [5, 5.41) is 10.5. The molecule has 0 fully saturated rings. The standard InChI is InChI=1S/C11H13ClO2/c1-7-4-5-8(12)10-9(13)3-2-6-14-11(7)10/h4-5,9,13H,2-3,6H2,1H3/t9-/m0/s1. The predicted molar refractivity (Wildman–Crippen MR) is 55.9 cm³/mol. The van der Waals surface area contributed by atoms with Crippen molar-refractivity contribution < 1.29 is 9.84 Å². The van der Waals surface area contributed by atoms with Crippen molar-refractivity contribution in [3.05, 3.63) is 28.3 Å². The fraction of sp³-hybridized carbons (Fsp3) is 0.455. The molecule has 3 heteroatoms. The normalized spacial score (nSPS) is 20.9. The molecule has 14 heavy (non-hydrogen) atoms. The molecule has 1 atom stereocenters. The van der Waals surface area contributed by atoms with E-state index in [2.05, 4.69) is 0 Å². The van der Waals surface area contributed by atoms with Crippen LogP contribution in [0.25, 0.3) is 0 Å². The number of fused-ring (bicyclic) bond motifs is 1. The van der Waals surface area contributed by atoms with Gasteiger partial charge >= 0.3 is 0 Å². The summed E-state index contributed by atoms with van der Waals surface area (Å²) in [6.07, 6.45) is 1.10. The second kappa shape index (κ2) is 3.79. The Morgan fingerprint density at radius 2 is 2.29 bits per heavy atom. The highest BCUT2D eigenvalue weighted by atomic mass is 35.5. The molecule has 0 amide bonds. The zero-order valence-electron chi connectivity index (χ0n) is 8.09. The minimum atomic E-state index is -0.486. The molecule has 1 aromatic carbocycles. The molecule has 1 N–H and O–H groups in total. The second-order valence-corrected chi connectivity index (χ2v) is 4.02. The lowest BCUT2D eigenvalue weighted by Gasteiger charge is -2.14. The lowest BCUT2D eigenvalue weighted by atomic mass is 10.0. The number of aliphatic hydroxyl groups excluding tert-OH is 1. The van der Waals surface area contributed by atoms with Crippen LogP contribution in [-0.2, 0) is 0 Å². The monoisotopic (exact) mass is 212 g/mol. The summed E-state index contributed by atoms with van der Waals surface area (Å²) in [6.45, 7) is 2.62. The Kier molecular flexibility index (Phi) is 2.66. The fourth-order valence-corrected chi connectivity index (χ4v) is 2.06. The zero-order chi connectivity index (χ0) is 10.1. The molecule has 0 unspecified atom stereocenters. The average Bonchev–Trinajstić information content (AvgIpc) is 2.35. The molecule has 1 aromatic rings. The van der Waals surface area contributed by atoms with Gasteiger partial charge in [-0.2, -0.15) is 0 Å². The molecular weight excluding hydrogens is 200 g/mol. The number of aliphatic hydroxyl groups is 1. The van der Waals surface area contributed by atoms with Gasteiger partial charge in [0.1, 0.15) is 5.75 Å². The van der Waals surface area contributed by atoms with E-state index in [9.17, 15) is 5.11 Å². The van der Waals surface area contributed by atoms with Crippen molar-refractivity contribution in [1.29, 1.82) is 0 Å². The third-order valence-corrected chi connectivity index (χ3v) is 2.87. The quantitative estimate of drug-likeness (QED) is 0.717. The molecule has 0 bridgehead atoms. The van der Waals surface area contributed by atoms with Gasteiger partial charge in [-0.3, -0.25) is 0 Å². The maximum absolute atomic E-state index is 9.88. The lowest BCUT2D eigenvalue weighted by molar-refractivity contribution is 0.167. The average molecular weight is 213 g/mol. The van der Waals surface area contributed by atoms with E-state index in [1.165, 1.54) is 0 Å². The number of aryl methyl sites for hydroxylation is 1. The number of ether oxygens (including phenoxy) is 1. The van der Waals surface area contributed by atoms with Gasteiger partial charge in [-0.05, 0) is 31.4 Å². The van der Waals surface area contributed by atoms with Gasteiger partial charge in [0.2, 0.25) is 0 Å². The first-order valence-corrected chi connectivity index (χ1v) is 5.18. The number of hydrogen-bond acceptors (Lipinski definition) is 2. The first-order valence-electron chi connectivity index (χ1n) is 4.80. The smallest absolute Gasteiger partial charge is 0.129 e. The molecule has 1 heterocycles. The van der Waals surface area contributed by atoms with Crippen molar-refractivity contribution in [2.24, 2.45) is 0 Å². The van der Waals surface area contributed by atoms with Crippen molar-refractivity contribution in [2.45, 2.75) is 25.9 Å². The summed E-state index contributed by atoms with van der Waals surface area (Å²) < 4.78 is 5.59. The minimum Gasteiger partial charge on any atom is -0.493 e. The topological polar surface area (TPSA) is 29.5 Å². The second-order valence-electron chi connectivity index (χ2n) is 3.61. The van der Waals surface area contributed by atoms with E-state index in [0.29, 0.717) is 11.6 Å². The van der Waals surface area contributed by atoms with Gasteiger partial charge < -0.3 is 9.84 Å². The Bertz CT molecular complexity index is 349. The van der Waals surface area contributed by atoms with Crippen LogP contribution in [-0.4, -0.2) is 11.7 Å². The van der Waals surface area contributed by atoms with Crippen LogP contribution in [0.3, 0.4) is 0 Å². The zero-order valence-corrected chi connectivity index (χ0v) is 8.84. The fourth-order valence-electron chi connectivity index (χ4n) is 1.78. The van der Waals surface area contributed by atoms with Crippen LogP contribution in [0, 0.1) is 6.92 Å². The first kappa shape index (κ1) is 9.81. The largest absolute Gasteiger partial charge is 0.493 e. The molecular formula is C11H13ClO2. The maximum atomic E-state index is 9.88. The van der Waals surface area contributed by atoms with Crippen LogP contribution in [0.15, 0.2) is 12.1 Å². The van der Waals surface area contributed by atoms with Gasteiger partial charge in [0, 0.05) is 5.56 Å². The van der Waals surface area contributed by atoms with Crippen LogP contribution in [0.4, 0.5) is 0 Å². The SMILES string of the molecule is Cc1ccc(Cl)c2c1OCCC[C@@H]2O. The van der Waals surface area contributed by atoms with Crippen molar-refractivity contribution in [3.63, 3.8) is 0 Å².